The van der Waals surface area contributed by atoms with Gasteiger partial charge in [-0.1, -0.05) is 17.7 Å². The van der Waals surface area contributed by atoms with Crippen molar-refractivity contribution < 1.29 is 4.79 Å². The molecular formula is C22H27ClN4OS. The smallest absolute Gasteiger partial charge is 0.239 e. The number of nitrogens with one attached hydrogen (secondary N) is 1. The SMILES string of the molecule is CN1CCN(CCCNC(=O)Cn2c(-c3cccs3)cc3cc(Cl)ccc32)CC1. The number of halogens is 1. The summed E-state index contributed by atoms with van der Waals surface area (Å²) in [5, 5.41) is 6.92. The molecule has 3 aromatic rings. The molecule has 0 saturated carbocycles. The Morgan fingerprint density at radius 1 is 1.17 bits per heavy atom. The summed E-state index contributed by atoms with van der Waals surface area (Å²) in [6.45, 7) is 6.56. The molecule has 7 heteroatoms. The van der Waals surface area contributed by atoms with Crippen LogP contribution in [0.1, 0.15) is 6.42 Å². The second-order valence-electron chi connectivity index (χ2n) is 7.64. The van der Waals surface area contributed by atoms with Crippen molar-refractivity contribution in [3.8, 4) is 10.6 Å². The summed E-state index contributed by atoms with van der Waals surface area (Å²) in [5.41, 5.74) is 2.09. The van der Waals surface area contributed by atoms with E-state index in [0.29, 0.717) is 18.1 Å². The summed E-state index contributed by atoms with van der Waals surface area (Å²) in [5.74, 6) is 0.0497. The van der Waals surface area contributed by atoms with Crippen molar-refractivity contribution in [3.05, 3.63) is 46.8 Å². The monoisotopic (exact) mass is 430 g/mol. The first-order chi connectivity index (χ1) is 14.1. The van der Waals surface area contributed by atoms with Crippen LogP contribution in [0.2, 0.25) is 5.02 Å². The number of benzene rings is 1. The second kappa shape index (κ2) is 9.30. The normalized spacial score (nSPS) is 15.8. The van der Waals surface area contributed by atoms with Gasteiger partial charge in [-0.05, 0) is 55.7 Å². The van der Waals surface area contributed by atoms with Gasteiger partial charge < -0.3 is 19.7 Å². The predicted molar refractivity (Wildman–Crippen MR) is 122 cm³/mol. The van der Waals surface area contributed by atoms with E-state index in [-0.39, 0.29) is 5.91 Å². The number of fused-ring (bicyclic) bond motifs is 1. The number of hydrogen-bond acceptors (Lipinski definition) is 4. The van der Waals surface area contributed by atoms with Gasteiger partial charge in [0.25, 0.3) is 0 Å². The van der Waals surface area contributed by atoms with E-state index in [9.17, 15) is 4.79 Å². The summed E-state index contributed by atoms with van der Waals surface area (Å²) in [7, 11) is 2.17. The van der Waals surface area contributed by atoms with Gasteiger partial charge in [0.15, 0.2) is 0 Å². The first-order valence-electron chi connectivity index (χ1n) is 10.1. The predicted octanol–water partition coefficient (Wildman–Crippen LogP) is 3.78. The van der Waals surface area contributed by atoms with Gasteiger partial charge in [0.05, 0.1) is 10.6 Å². The van der Waals surface area contributed by atoms with E-state index in [1.807, 2.05) is 24.3 Å². The summed E-state index contributed by atoms with van der Waals surface area (Å²) in [6, 6.07) is 12.1. The van der Waals surface area contributed by atoms with Gasteiger partial charge in [-0.3, -0.25) is 4.79 Å². The third-order valence-corrected chi connectivity index (χ3v) is 6.64. The molecule has 2 aromatic heterocycles. The molecule has 29 heavy (non-hydrogen) atoms. The largest absolute Gasteiger partial charge is 0.355 e. The number of aromatic nitrogens is 1. The Balaban J connectivity index is 1.38. The Kier molecular flexibility index (Phi) is 6.55. The number of nitrogens with zero attached hydrogens (tertiary/aromatic N) is 3. The van der Waals surface area contributed by atoms with E-state index in [4.69, 9.17) is 11.6 Å². The fourth-order valence-electron chi connectivity index (χ4n) is 3.84. The van der Waals surface area contributed by atoms with Crippen LogP contribution >= 0.6 is 22.9 Å². The van der Waals surface area contributed by atoms with Crippen LogP contribution in [-0.4, -0.2) is 66.6 Å². The van der Waals surface area contributed by atoms with Crippen LogP contribution in [0.25, 0.3) is 21.5 Å². The molecule has 1 fully saturated rings. The molecule has 4 rings (SSSR count). The lowest BCUT2D eigenvalue weighted by molar-refractivity contribution is -0.121. The topological polar surface area (TPSA) is 40.5 Å². The lowest BCUT2D eigenvalue weighted by Gasteiger charge is -2.32. The van der Waals surface area contributed by atoms with E-state index in [2.05, 4.69) is 44.2 Å². The Hall–Kier alpha value is -1.86. The van der Waals surface area contributed by atoms with Gasteiger partial charge in [-0.2, -0.15) is 0 Å². The third kappa shape index (κ3) is 5.01. The maximum Gasteiger partial charge on any atom is 0.239 e. The Morgan fingerprint density at radius 3 is 2.76 bits per heavy atom. The summed E-state index contributed by atoms with van der Waals surface area (Å²) in [4.78, 5) is 18.7. The summed E-state index contributed by atoms with van der Waals surface area (Å²) in [6.07, 6.45) is 0.981. The number of thiophene rings is 1. The summed E-state index contributed by atoms with van der Waals surface area (Å²) < 4.78 is 2.09. The van der Waals surface area contributed by atoms with Crippen molar-refractivity contribution in [1.82, 2.24) is 19.7 Å². The molecule has 0 atom stereocenters. The molecule has 154 valence electrons. The molecule has 0 spiro atoms. The Bertz CT molecular complexity index is 961. The van der Waals surface area contributed by atoms with E-state index < -0.39 is 0 Å². The van der Waals surface area contributed by atoms with Gasteiger partial charge in [0.2, 0.25) is 5.91 Å². The van der Waals surface area contributed by atoms with E-state index >= 15 is 0 Å². The molecule has 1 aliphatic rings. The van der Waals surface area contributed by atoms with E-state index in [1.165, 1.54) is 0 Å². The average molecular weight is 431 g/mol. The highest BCUT2D eigenvalue weighted by Gasteiger charge is 2.15. The van der Waals surface area contributed by atoms with Crippen molar-refractivity contribution in [1.29, 1.82) is 0 Å². The molecule has 1 saturated heterocycles. The highest BCUT2D eigenvalue weighted by molar-refractivity contribution is 7.13. The van der Waals surface area contributed by atoms with Crippen molar-refractivity contribution in [2.24, 2.45) is 0 Å². The fourth-order valence-corrected chi connectivity index (χ4v) is 4.77. The number of hydrogen-bond donors (Lipinski definition) is 1. The van der Waals surface area contributed by atoms with Gasteiger partial charge in [-0.25, -0.2) is 0 Å². The van der Waals surface area contributed by atoms with Crippen LogP contribution in [0.3, 0.4) is 0 Å². The number of rotatable bonds is 7. The minimum absolute atomic E-state index is 0.0497. The maximum absolute atomic E-state index is 12.7. The minimum Gasteiger partial charge on any atom is -0.355 e. The first-order valence-corrected chi connectivity index (χ1v) is 11.4. The molecule has 3 heterocycles. The van der Waals surface area contributed by atoms with Crippen LogP contribution in [0, 0.1) is 0 Å². The standard InChI is InChI=1S/C22H27ClN4OS/c1-25-9-11-26(12-10-25)8-3-7-24-22(28)16-27-19-6-5-18(23)14-17(19)15-20(27)21-4-2-13-29-21/h2,4-6,13-15H,3,7-12,16H2,1H3,(H,24,28). The van der Waals surface area contributed by atoms with Gasteiger partial charge >= 0.3 is 0 Å². The number of amides is 1. The van der Waals surface area contributed by atoms with Crippen molar-refractivity contribution in [2.75, 3.05) is 46.3 Å². The molecule has 1 aliphatic heterocycles. The quantitative estimate of drug-likeness (QED) is 0.580. The number of piperazine rings is 1. The third-order valence-electron chi connectivity index (χ3n) is 5.51. The van der Waals surface area contributed by atoms with Crippen molar-refractivity contribution in [2.45, 2.75) is 13.0 Å². The lowest BCUT2D eigenvalue weighted by atomic mass is 10.2. The molecule has 1 aromatic carbocycles. The van der Waals surface area contributed by atoms with Crippen molar-refractivity contribution >= 4 is 39.7 Å². The minimum atomic E-state index is 0.0497. The molecular weight excluding hydrogens is 404 g/mol. The van der Waals surface area contributed by atoms with Crippen molar-refractivity contribution in [3.63, 3.8) is 0 Å². The summed E-state index contributed by atoms with van der Waals surface area (Å²) >= 11 is 7.85. The molecule has 0 unspecified atom stereocenters. The number of carbonyl (C=O) groups is 1. The fraction of sp³-hybridized carbons (Fsp3) is 0.409. The highest BCUT2D eigenvalue weighted by Crippen LogP contribution is 2.32. The van der Waals surface area contributed by atoms with Gasteiger partial charge in [0.1, 0.15) is 6.54 Å². The zero-order valence-corrected chi connectivity index (χ0v) is 18.3. The van der Waals surface area contributed by atoms with E-state index in [1.54, 1.807) is 11.3 Å². The molecule has 1 amide bonds. The molecule has 5 nitrogen and oxygen atoms in total. The van der Waals surface area contributed by atoms with Gasteiger partial charge in [-0.15, -0.1) is 11.3 Å². The van der Waals surface area contributed by atoms with Crippen LogP contribution in [0.5, 0.6) is 0 Å². The maximum atomic E-state index is 12.7. The molecule has 0 bridgehead atoms. The highest BCUT2D eigenvalue weighted by atomic mass is 35.5. The zero-order chi connectivity index (χ0) is 20.2. The van der Waals surface area contributed by atoms with E-state index in [0.717, 1.165) is 60.6 Å². The lowest BCUT2D eigenvalue weighted by Crippen LogP contribution is -2.45. The van der Waals surface area contributed by atoms with Crippen LogP contribution in [0.15, 0.2) is 41.8 Å². The van der Waals surface area contributed by atoms with Crippen LogP contribution < -0.4 is 5.32 Å². The van der Waals surface area contributed by atoms with Gasteiger partial charge in [0, 0.05) is 48.6 Å². The number of likely N-dealkylation sites (N-methyl/N-ethyl adjacent to an activating group) is 1. The molecule has 1 N–H and O–H groups in total. The second-order valence-corrected chi connectivity index (χ2v) is 9.03. The molecule has 0 aliphatic carbocycles. The van der Waals surface area contributed by atoms with Crippen LogP contribution in [0.4, 0.5) is 0 Å². The van der Waals surface area contributed by atoms with Crippen LogP contribution in [-0.2, 0) is 11.3 Å². The Morgan fingerprint density at radius 2 is 2.00 bits per heavy atom. The number of carbonyl (C=O) groups excluding carboxylic acids is 1. The molecule has 0 radical (unpaired) electrons. The first kappa shape index (κ1) is 20.4. The zero-order valence-electron chi connectivity index (χ0n) is 16.7. The Labute approximate surface area is 180 Å². The average Bonchev–Trinajstić information content (AvgIpc) is 3.35.